The van der Waals surface area contributed by atoms with Crippen LogP contribution in [0.15, 0.2) is 18.2 Å². The number of alkyl halides is 3. The van der Waals surface area contributed by atoms with Gasteiger partial charge in [-0.15, -0.1) is 13.2 Å². The maximum atomic E-state index is 12.1. The molecule has 7 heteroatoms. The lowest BCUT2D eigenvalue weighted by atomic mass is 10.2. The van der Waals surface area contributed by atoms with Gasteiger partial charge in [0.25, 0.3) is 0 Å². The molecule has 0 radical (unpaired) electrons. The van der Waals surface area contributed by atoms with Crippen molar-refractivity contribution < 1.29 is 17.9 Å². The minimum absolute atomic E-state index is 0.238. The van der Waals surface area contributed by atoms with E-state index in [-0.39, 0.29) is 5.75 Å². The van der Waals surface area contributed by atoms with Crippen molar-refractivity contribution in [3.8, 4) is 5.75 Å². The number of fused-ring (bicyclic) bond motifs is 1. The van der Waals surface area contributed by atoms with Gasteiger partial charge in [0.05, 0.1) is 10.9 Å². The molecule has 0 spiro atoms. The van der Waals surface area contributed by atoms with Gasteiger partial charge in [0.15, 0.2) is 0 Å². The average molecular weight is 328 g/mol. The van der Waals surface area contributed by atoms with Gasteiger partial charge >= 0.3 is 6.36 Å². The highest BCUT2D eigenvalue weighted by molar-refractivity contribution is 14.1. The maximum absolute atomic E-state index is 12.1. The molecule has 0 aliphatic carbocycles. The molecule has 0 saturated carbocycles. The van der Waals surface area contributed by atoms with E-state index < -0.39 is 6.36 Å². The molecule has 1 aromatic heterocycles. The summed E-state index contributed by atoms with van der Waals surface area (Å²) in [7, 11) is 0. The number of hydrogen-bond donors (Lipinski definition) is 1. The van der Waals surface area contributed by atoms with Crippen molar-refractivity contribution in [1.82, 2.24) is 10.2 Å². The first kappa shape index (κ1) is 10.5. The van der Waals surface area contributed by atoms with Crippen LogP contribution < -0.4 is 4.74 Å². The van der Waals surface area contributed by atoms with Gasteiger partial charge in [-0.2, -0.15) is 5.10 Å². The smallest absolute Gasteiger partial charge is 0.405 e. The molecule has 1 heterocycles. The number of aromatic nitrogens is 2. The Morgan fingerprint density at radius 1 is 1.33 bits per heavy atom. The molecule has 3 nitrogen and oxygen atoms in total. The van der Waals surface area contributed by atoms with Gasteiger partial charge < -0.3 is 4.74 Å². The zero-order valence-corrected chi connectivity index (χ0v) is 9.26. The second kappa shape index (κ2) is 3.54. The van der Waals surface area contributed by atoms with Crippen molar-refractivity contribution in [2.75, 3.05) is 0 Å². The molecule has 1 aromatic carbocycles. The quantitative estimate of drug-likeness (QED) is 0.817. The molecule has 15 heavy (non-hydrogen) atoms. The van der Waals surface area contributed by atoms with Gasteiger partial charge in [-0.25, -0.2) is 0 Å². The molecule has 0 aliphatic heterocycles. The van der Waals surface area contributed by atoms with Crippen molar-refractivity contribution in [3.63, 3.8) is 0 Å². The zero-order valence-electron chi connectivity index (χ0n) is 7.10. The number of ether oxygens (including phenoxy) is 1. The van der Waals surface area contributed by atoms with Crippen LogP contribution in [0.1, 0.15) is 0 Å². The number of halogens is 4. The number of H-pyrrole nitrogens is 1. The minimum atomic E-state index is -4.69. The van der Waals surface area contributed by atoms with Crippen LogP contribution in [-0.2, 0) is 0 Å². The highest BCUT2D eigenvalue weighted by atomic mass is 127. The van der Waals surface area contributed by atoms with Crippen LogP contribution in [0.25, 0.3) is 10.9 Å². The van der Waals surface area contributed by atoms with Gasteiger partial charge in [0.2, 0.25) is 0 Å². The molecule has 0 amide bonds. The van der Waals surface area contributed by atoms with Crippen LogP contribution in [-0.4, -0.2) is 16.6 Å². The van der Waals surface area contributed by atoms with E-state index in [0.717, 1.165) is 0 Å². The van der Waals surface area contributed by atoms with Gasteiger partial charge in [0, 0.05) is 0 Å². The summed E-state index contributed by atoms with van der Waals surface area (Å²) in [5, 5.41) is 6.76. The van der Waals surface area contributed by atoms with E-state index in [4.69, 9.17) is 0 Å². The Hall–Kier alpha value is -0.990. The van der Waals surface area contributed by atoms with Crippen LogP contribution in [0, 0.1) is 3.70 Å². The molecular formula is C8H4F3IN2O. The third kappa shape index (κ3) is 2.16. The number of rotatable bonds is 1. The number of benzene rings is 1. The standard InChI is InChI=1S/C8H4F3IN2O/c9-8(10,11)15-5-3-1-2-4-6(5)7(12)14-13-4/h1-3H,(H,13,14). The number of aromatic amines is 1. The lowest BCUT2D eigenvalue weighted by Crippen LogP contribution is -2.17. The van der Waals surface area contributed by atoms with Gasteiger partial charge in [-0.3, -0.25) is 5.10 Å². The summed E-state index contributed by atoms with van der Waals surface area (Å²) in [5.41, 5.74) is 0.446. The van der Waals surface area contributed by atoms with E-state index >= 15 is 0 Å². The van der Waals surface area contributed by atoms with Crippen molar-refractivity contribution in [1.29, 1.82) is 0 Å². The Kier molecular flexibility index (Phi) is 2.49. The fraction of sp³-hybridized carbons (Fsp3) is 0.125. The molecule has 0 aliphatic rings. The highest BCUT2D eigenvalue weighted by Crippen LogP contribution is 2.32. The van der Waals surface area contributed by atoms with E-state index in [2.05, 4.69) is 14.9 Å². The summed E-state index contributed by atoms with van der Waals surface area (Å²) < 4.78 is 40.6. The molecule has 2 rings (SSSR count). The Labute approximate surface area is 95.7 Å². The Balaban J connectivity index is 2.55. The van der Waals surface area contributed by atoms with Gasteiger partial charge in [0.1, 0.15) is 9.45 Å². The van der Waals surface area contributed by atoms with Gasteiger partial charge in [-0.1, -0.05) is 6.07 Å². The summed E-state index contributed by atoms with van der Waals surface area (Å²) >= 11 is 1.87. The summed E-state index contributed by atoms with van der Waals surface area (Å²) in [6, 6.07) is 4.32. The van der Waals surface area contributed by atoms with Crippen LogP contribution in [0.3, 0.4) is 0 Å². The van der Waals surface area contributed by atoms with Gasteiger partial charge in [-0.05, 0) is 34.7 Å². The first-order chi connectivity index (χ1) is 6.97. The third-order valence-electron chi connectivity index (χ3n) is 1.72. The third-order valence-corrected chi connectivity index (χ3v) is 2.50. The highest BCUT2D eigenvalue weighted by Gasteiger charge is 2.32. The molecule has 0 bridgehead atoms. The Morgan fingerprint density at radius 3 is 2.73 bits per heavy atom. The maximum Gasteiger partial charge on any atom is 0.573 e. The number of nitrogens with zero attached hydrogens (tertiary/aromatic N) is 1. The summed E-state index contributed by atoms with van der Waals surface area (Å²) in [6.07, 6.45) is -4.69. The fourth-order valence-corrected chi connectivity index (χ4v) is 1.87. The van der Waals surface area contributed by atoms with E-state index in [1.807, 2.05) is 22.6 Å². The number of nitrogens with one attached hydrogen (secondary N) is 1. The van der Waals surface area contributed by atoms with Crippen molar-refractivity contribution >= 4 is 33.5 Å². The largest absolute Gasteiger partial charge is 0.573 e. The summed E-state index contributed by atoms with van der Waals surface area (Å²) in [4.78, 5) is 0. The molecule has 1 N–H and O–H groups in total. The van der Waals surface area contributed by atoms with Crippen LogP contribution in [0.5, 0.6) is 5.75 Å². The molecule has 2 aromatic rings. The normalized spacial score (nSPS) is 12.0. The molecule has 0 saturated heterocycles. The number of hydrogen-bond acceptors (Lipinski definition) is 2. The topological polar surface area (TPSA) is 37.9 Å². The minimum Gasteiger partial charge on any atom is -0.405 e. The SMILES string of the molecule is FC(F)(F)Oc1cccc2n[nH]c(I)c12. The van der Waals surface area contributed by atoms with Crippen LogP contribution in [0.2, 0.25) is 0 Å². The molecule has 0 unspecified atom stereocenters. The monoisotopic (exact) mass is 328 g/mol. The molecular weight excluding hydrogens is 324 g/mol. The fourth-order valence-electron chi connectivity index (χ4n) is 1.21. The Morgan fingerprint density at radius 2 is 2.07 bits per heavy atom. The average Bonchev–Trinajstić information content (AvgIpc) is 2.46. The van der Waals surface area contributed by atoms with Crippen molar-refractivity contribution in [2.45, 2.75) is 6.36 Å². The Bertz CT molecular complexity index is 494. The van der Waals surface area contributed by atoms with E-state index in [0.29, 0.717) is 14.6 Å². The molecule has 0 fully saturated rings. The van der Waals surface area contributed by atoms with Crippen molar-refractivity contribution in [3.05, 3.63) is 21.9 Å². The second-order valence-electron chi connectivity index (χ2n) is 2.74. The first-order valence-corrected chi connectivity index (χ1v) is 4.93. The summed E-state index contributed by atoms with van der Waals surface area (Å²) in [6.45, 7) is 0. The first-order valence-electron chi connectivity index (χ1n) is 3.86. The van der Waals surface area contributed by atoms with E-state index in [1.165, 1.54) is 12.1 Å². The predicted molar refractivity (Wildman–Crippen MR) is 55.5 cm³/mol. The van der Waals surface area contributed by atoms with E-state index in [1.54, 1.807) is 6.07 Å². The summed E-state index contributed by atoms with van der Waals surface area (Å²) in [5.74, 6) is -0.238. The van der Waals surface area contributed by atoms with Crippen LogP contribution in [0.4, 0.5) is 13.2 Å². The van der Waals surface area contributed by atoms with Crippen LogP contribution >= 0.6 is 22.6 Å². The predicted octanol–water partition coefficient (Wildman–Crippen LogP) is 3.07. The molecule has 0 atom stereocenters. The lowest BCUT2D eigenvalue weighted by molar-refractivity contribution is -0.274. The van der Waals surface area contributed by atoms with E-state index in [9.17, 15) is 13.2 Å². The molecule has 80 valence electrons. The second-order valence-corrected chi connectivity index (χ2v) is 3.81. The zero-order chi connectivity index (χ0) is 11.1. The lowest BCUT2D eigenvalue weighted by Gasteiger charge is -2.09. The van der Waals surface area contributed by atoms with Crippen molar-refractivity contribution in [2.24, 2.45) is 0 Å².